The van der Waals surface area contributed by atoms with Gasteiger partial charge < -0.3 is 9.84 Å². The van der Waals surface area contributed by atoms with E-state index in [9.17, 15) is 5.11 Å². The standard InChI is InChI=1S/C15H22O2/c1-11(2)17-13-9-7-12(8-10-13)14-5-3-4-6-15(14)16/h7-11,14-16H,3-6H2,1-2H3/t14-,15+/m0/s1. The highest BCUT2D eigenvalue weighted by Gasteiger charge is 2.24. The summed E-state index contributed by atoms with van der Waals surface area (Å²) >= 11 is 0. The molecule has 0 unspecified atom stereocenters. The lowest BCUT2D eigenvalue weighted by Crippen LogP contribution is -2.22. The van der Waals surface area contributed by atoms with E-state index >= 15 is 0 Å². The number of aliphatic hydroxyl groups is 1. The fraction of sp³-hybridized carbons (Fsp3) is 0.600. The zero-order valence-corrected chi connectivity index (χ0v) is 10.7. The third-order valence-corrected chi connectivity index (χ3v) is 3.41. The van der Waals surface area contributed by atoms with E-state index in [-0.39, 0.29) is 12.2 Å². The molecule has 0 heterocycles. The van der Waals surface area contributed by atoms with E-state index in [1.165, 1.54) is 12.0 Å². The van der Waals surface area contributed by atoms with E-state index in [1.54, 1.807) is 0 Å². The Balaban J connectivity index is 2.06. The molecular weight excluding hydrogens is 212 g/mol. The summed E-state index contributed by atoms with van der Waals surface area (Å²) in [7, 11) is 0. The molecule has 94 valence electrons. The fourth-order valence-corrected chi connectivity index (χ4v) is 2.57. The first-order chi connectivity index (χ1) is 8.16. The average molecular weight is 234 g/mol. The fourth-order valence-electron chi connectivity index (χ4n) is 2.57. The van der Waals surface area contributed by atoms with E-state index in [0.29, 0.717) is 5.92 Å². The maximum Gasteiger partial charge on any atom is 0.119 e. The van der Waals surface area contributed by atoms with Crippen LogP contribution in [0.5, 0.6) is 5.75 Å². The van der Waals surface area contributed by atoms with Crippen LogP contribution in [0, 0.1) is 0 Å². The van der Waals surface area contributed by atoms with E-state index in [4.69, 9.17) is 4.74 Å². The van der Waals surface area contributed by atoms with Crippen molar-refractivity contribution in [1.82, 2.24) is 0 Å². The number of aliphatic hydroxyl groups excluding tert-OH is 1. The largest absolute Gasteiger partial charge is 0.491 e. The van der Waals surface area contributed by atoms with E-state index in [2.05, 4.69) is 12.1 Å². The van der Waals surface area contributed by atoms with Crippen molar-refractivity contribution in [3.05, 3.63) is 29.8 Å². The number of ether oxygens (including phenoxy) is 1. The highest BCUT2D eigenvalue weighted by atomic mass is 16.5. The normalized spacial score (nSPS) is 24.9. The molecule has 2 rings (SSSR count). The Hall–Kier alpha value is -1.02. The van der Waals surface area contributed by atoms with Gasteiger partial charge in [-0.25, -0.2) is 0 Å². The first-order valence-corrected chi connectivity index (χ1v) is 6.61. The third kappa shape index (κ3) is 3.22. The molecule has 0 spiro atoms. The molecule has 2 nitrogen and oxygen atoms in total. The average Bonchev–Trinajstić information content (AvgIpc) is 2.30. The summed E-state index contributed by atoms with van der Waals surface area (Å²) in [6.45, 7) is 4.05. The Bertz CT molecular complexity index is 342. The lowest BCUT2D eigenvalue weighted by atomic mass is 9.82. The van der Waals surface area contributed by atoms with Gasteiger partial charge in [0.1, 0.15) is 5.75 Å². The zero-order chi connectivity index (χ0) is 12.3. The van der Waals surface area contributed by atoms with Crippen LogP contribution in [-0.2, 0) is 0 Å². The first kappa shape index (κ1) is 12.4. The van der Waals surface area contributed by atoms with Crippen LogP contribution in [0.2, 0.25) is 0 Å². The van der Waals surface area contributed by atoms with Gasteiger partial charge in [0.05, 0.1) is 12.2 Å². The third-order valence-electron chi connectivity index (χ3n) is 3.41. The summed E-state index contributed by atoms with van der Waals surface area (Å²) in [5, 5.41) is 10.0. The van der Waals surface area contributed by atoms with Gasteiger partial charge in [-0.3, -0.25) is 0 Å². The summed E-state index contributed by atoms with van der Waals surface area (Å²) in [5.41, 5.74) is 1.24. The van der Waals surface area contributed by atoms with Crippen LogP contribution >= 0.6 is 0 Å². The van der Waals surface area contributed by atoms with Gasteiger partial charge in [-0.2, -0.15) is 0 Å². The van der Waals surface area contributed by atoms with Crippen LogP contribution in [0.4, 0.5) is 0 Å². The van der Waals surface area contributed by atoms with E-state index < -0.39 is 0 Å². The quantitative estimate of drug-likeness (QED) is 0.867. The van der Waals surface area contributed by atoms with Crippen LogP contribution in [0.3, 0.4) is 0 Å². The zero-order valence-electron chi connectivity index (χ0n) is 10.7. The number of hydrogen-bond acceptors (Lipinski definition) is 2. The maximum absolute atomic E-state index is 10.0. The molecule has 1 fully saturated rings. The van der Waals surface area contributed by atoms with Gasteiger partial charge >= 0.3 is 0 Å². The Kier molecular flexibility index (Phi) is 4.06. The van der Waals surface area contributed by atoms with Gasteiger partial charge in [-0.15, -0.1) is 0 Å². The van der Waals surface area contributed by atoms with Crippen molar-refractivity contribution in [2.75, 3.05) is 0 Å². The molecule has 1 aliphatic rings. The van der Waals surface area contributed by atoms with Crippen LogP contribution in [0.15, 0.2) is 24.3 Å². The Labute approximate surface area is 104 Å². The lowest BCUT2D eigenvalue weighted by Gasteiger charge is -2.28. The lowest BCUT2D eigenvalue weighted by molar-refractivity contribution is 0.106. The predicted octanol–water partition coefficient (Wildman–Crippen LogP) is 3.49. The van der Waals surface area contributed by atoms with Crippen molar-refractivity contribution in [3.63, 3.8) is 0 Å². The van der Waals surface area contributed by atoms with Crippen molar-refractivity contribution in [2.24, 2.45) is 0 Å². The van der Waals surface area contributed by atoms with Gasteiger partial charge in [0.2, 0.25) is 0 Å². The van der Waals surface area contributed by atoms with Crippen LogP contribution in [0.1, 0.15) is 51.0 Å². The molecule has 0 saturated heterocycles. The topological polar surface area (TPSA) is 29.5 Å². The van der Waals surface area contributed by atoms with Crippen LogP contribution in [0.25, 0.3) is 0 Å². The summed E-state index contributed by atoms with van der Waals surface area (Å²) in [5.74, 6) is 1.23. The monoisotopic (exact) mass is 234 g/mol. The van der Waals surface area contributed by atoms with Crippen molar-refractivity contribution in [1.29, 1.82) is 0 Å². The van der Waals surface area contributed by atoms with Gasteiger partial charge in [0, 0.05) is 5.92 Å². The molecule has 1 aliphatic carbocycles. The molecule has 0 aliphatic heterocycles. The Morgan fingerprint density at radius 2 is 1.76 bits per heavy atom. The molecule has 2 atom stereocenters. The van der Waals surface area contributed by atoms with E-state index in [0.717, 1.165) is 25.0 Å². The minimum atomic E-state index is -0.166. The number of rotatable bonds is 3. The van der Waals surface area contributed by atoms with Gasteiger partial charge in [0.25, 0.3) is 0 Å². The molecule has 1 aromatic carbocycles. The highest BCUT2D eigenvalue weighted by Crippen LogP contribution is 2.33. The SMILES string of the molecule is CC(C)Oc1ccc([C@@H]2CCCC[C@H]2O)cc1. The predicted molar refractivity (Wildman–Crippen MR) is 69.4 cm³/mol. The minimum absolute atomic E-state index is 0.166. The molecule has 1 aromatic rings. The summed E-state index contributed by atoms with van der Waals surface area (Å²) in [6, 6.07) is 8.21. The number of benzene rings is 1. The first-order valence-electron chi connectivity index (χ1n) is 6.61. The smallest absolute Gasteiger partial charge is 0.119 e. The second-order valence-corrected chi connectivity index (χ2v) is 5.19. The molecule has 0 radical (unpaired) electrons. The van der Waals surface area contributed by atoms with Crippen LogP contribution in [-0.4, -0.2) is 17.3 Å². The van der Waals surface area contributed by atoms with Gasteiger partial charge in [0.15, 0.2) is 0 Å². The second-order valence-electron chi connectivity index (χ2n) is 5.19. The highest BCUT2D eigenvalue weighted by molar-refractivity contribution is 5.30. The van der Waals surface area contributed by atoms with E-state index in [1.807, 2.05) is 26.0 Å². The molecule has 1 saturated carbocycles. The van der Waals surface area contributed by atoms with Crippen LogP contribution < -0.4 is 4.74 Å². The maximum atomic E-state index is 10.0. The molecule has 1 N–H and O–H groups in total. The molecule has 0 amide bonds. The minimum Gasteiger partial charge on any atom is -0.491 e. The molecule has 17 heavy (non-hydrogen) atoms. The van der Waals surface area contributed by atoms with Crippen molar-refractivity contribution < 1.29 is 9.84 Å². The second kappa shape index (κ2) is 5.54. The summed E-state index contributed by atoms with van der Waals surface area (Å²) < 4.78 is 5.62. The van der Waals surface area contributed by atoms with Gasteiger partial charge in [-0.05, 0) is 44.4 Å². The molecule has 2 heteroatoms. The molecular formula is C15H22O2. The Morgan fingerprint density at radius 3 is 2.35 bits per heavy atom. The Morgan fingerprint density at radius 1 is 1.12 bits per heavy atom. The van der Waals surface area contributed by atoms with Crippen molar-refractivity contribution >= 4 is 0 Å². The summed E-state index contributed by atoms with van der Waals surface area (Å²) in [4.78, 5) is 0. The van der Waals surface area contributed by atoms with Crippen molar-refractivity contribution in [2.45, 2.75) is 57.7 Å². The summed E-state index contributed by atoms with van der Waals surface area (Å²) in [6.07, 6.45) is 4.47. The van der Waals surface area contributed by atoms with Crippen molar-refractivity contribution in [3.8, 4) is 5.75 Å². The number of hydrogen-bond donors (Lipinski definition) is 1. The van der Waals surface area contributed by atoms with Gasteiger partial charge in [-0.1, -0.05) is 25.0 Å². The molecule has 0 aromatic heterocycles. The molecule has 0 bridgehead atoms.